The van der Waals surface area contributed by atoms with Crippen LogP contribution in [-0.4, -0.2) is 37.1 Å². The average Bonchev–Trinajstić information content (AvgIpc) is 2.89. The molecule has 37 heavy (non-hydrogen) atoms. The third kappa shape index (κ3) is 6.86. The highest BCUT2D eigenvalue weighted by atomic mass is 19.4. The lowest BCUT2D eigenvalue weighted by Crippen LogP contribution is -2.42. The zero-order valence-corrected chi connectivity index (χ0v) is 20.1. The van der Waals surface area contributed by atoms with Crippen molar-refractivity contribution in [1.82, 2.24) is 4.90 Å². The number of piperidine rings is 1. The van der Waals surface area contributed by atoms with Crippen molar-refractivity contribution in [2.75, 3.05) is 36.4 Å². The molecule has 4 rings (SSSR count). The van der Waals surface area contributed by atoms with Gasteiger partial charge in [0.15, 0.2) is 0 Å². The van der Waals surface area contributed by atoms with E-state index in [0.29, 0.717) is 30.4 Å². The highest BCUT2D eigenvalue weighted by molar-refractivity contribution is 6.02. The van der Waals surface area contributed by atoms with Crippen LogP contribution in [0.15, 0.2) is 66.7 Å². The second kappa shape index (κ2) is 11.4. The monoisotopic (exact) mass is 510 g/mol. The van der Waals surface area contributed by atoms with Gasteiger partial charge in [0.1, 0.15) is 5.82 Å². The summed E-state index contributed by atoms with van der Waals surface area (Å²) in [4.78, 5) is 16.9. The van der Waals surface area contributed by atoms with Gasteiger partial charge in [0.2, 0.25) is 0 Å². The van der Waals surface area contributed by atoms with E-state index >= 15 is 0 Å². The van der Waals surface area contributed by atoms with E-state index in [0.717, 1.165) is 55.6 Å². The molecule has 9 heteroatoms. The number of likely N-dealkylation sites (tertiary alicyclic amines) is 1. The summed E-state index contributed by atoms with van der Waals surface area (Å²) >= 11 is 0. The molecular weight excluding hydrogens is 484 g/mol. The van der Waals surface area contributed by atoms with Crippen LogP contribution in [0.5, 0.6) is 0 Å². The Bertz CT molecular complexity index is 1280. The van der Waals surface area contributed by atoms with Crippen LogP contribution >= 0.6 is 0 Å². The third-order valence-corrected chi connectivity index (χ3v) is 6.31. The second-order valence-electron chi connectivity index (χ2n) is 8.95. The summed E-state index contributed by atoms with van der Waals surface area (Å²) in [7, 11) is 0. The highest BCUT2D eigenvalue weighted by Gasteiger charge is 2.31. The largest absolute Gasteiger partial charge is 0.416 e. The quantitative estimate of drug-likeness (QED) is 0.367. The van der Waals surface area contributed by atoms with Crippen molar-refractivity contribution in [3.63, 3.8) is 0 Å². The van der Waals surface area contributed by atoms with Crippen molar-refractivity contribution in [3.05, 3.63) is 83.7 Å². The number of urea groups is 1. The van der Waals surface area contributed by atoms with E-state index < -0.39 is 23.6 Å². The van der Waals surface area contributed by atoms with Crippen molar-refractivity contribution in [1.29, 1.82) is 5.26 Å². The summed E-state index contributed by atoms with van der Waals surface area (Å²) in [5.41, 5.74) is 1.31. The predicted octanol–water partition coefficient (Wildman–Crippen LogP) is 6.91. The van der Waals surface area contributed by atoms with Gasteiger partial charge in [-0.3, -0.25) is 4.90 Å². The van der Waals surface area contributed by atoms with Crippen molar-refractivity contribution in [2.45, 2.75) is 25.4 Å². The summed E-state index contributed by atoms with van der Waals surface area (Å²) in [5, 5.41) is 11.6. The molecule has 192 valence electrons. The first kappa shape index (κ1) is 26.2. The lowest BCUT2D eigenvalue weighted by molar-refractivity contribution is -0.137. The molecule has 1 aliphatic rings. The third-order valence-electron chi connectivity index (χ3n) is 6.31. The Labute approximate surface area is 212 Å². The van der Waals surface area contributed by atoms with Crippen molar-refractivity contribution >= 4 is 17.4 Å². The number of alkyl halides is 3. The number of anilines is 2. The maximum absolute atomic E-state index is 13.9. The highest BCUT2D eigenvalue weighted by Crippen LogP contribution is 2.32. The van der Waals surface area contributed by atoms with E-state index in [1.54, 1.807) is 30.3 Å². The summed E-state index contributed by atoms with van der Waals surface area (Å²) in [6.45, 7) is 2.73. The molecule has 0 spiro atoms. The number of nitrogens with zero attached hydrogens (tertiary/aromatic N) is 3. The van der Waals surface area contributed by atoms with Gasteiger partial charge in [-0.05, 0) is 79.5 Å². The SMILES string of the molecule is N#Cc1cccc(-c2ccc(N(CCN3CCCCC3)C(=O)Nc3cc(F)cc(C(F)(F)F)c3)cc2)c1. The summed E-state index contributed by atoms with van der Waals surface area (Å²) in [6, 6.07) is 17.7. The van der Waals surface area contributed by atoms with Crippen molar-refractivity contribution in [3.8, 4) is 17.2 Å². The van der Waals surface area contributed by atoms with Gasteiger partial charge in [0.05, 0.1) is 17.2 Å². The Morgan fingerprint density at radius 2 is 1.70 bits per heavy atom. The molecule has 1 saturated heterocycles. The normalized spacial score (nSPS) is 14.1. The Hall–Kier alpha value is -3.90. The standard InChI is InChI=1S/C28H26F4N4O/c29-24-16-23(28(30,31)32)17-25(18-24)34-27(37)36(14-13-35-11-2-1-3-12-35)26-9-7-21(8-10-26)22-6-4-5-20(15-22)19-33/h4-10,15-18H,1-3,11-14H2,(H,34,37). The molecule has 1 aliphatic heterocycles. The molecule has 3 aromatic rings. The topological polar surface area (TPSA) is 59.4 Å². The van der Waals surface area contributed by atoms with E-state index in [9.17, 15) is 22.4 Å². The molecular formula is C28H26F4N4O. The zero-order valence-electron chi connectivity index (χ0n) is 20.1. The molecule has 0 aliphatic carbocycles. The molecule has 0 aromatic heterocycles. The van der Waals surface area contributed by atoms with Crippen LogP contribution in [-0.2, 0) is 6.18 Å². The first-order valence-corrected chi connectivity index (χ1v) is 12.0. The number of halogens is 4. The van der Waals surface area contributed by atoms with Crippen LogP contribution in [0.1, 0.15) is 30.4 Å². The first-order valence-electron chi connectivity index (χ1n) is 12.0. The van der Waals surface area contributed by atoms with Gasteiger partial charge < -0.3 is 10.2 Å². The van der Waals surface area contributed by atoms with Gasteiger partial charge in [-0.25, -0.2) is 9.18 Å². The maximum Gasteiger partial charge on any atom is 0.416 e. The van der Waals surface area contributed by atoms with Gasteiger partial charge in [-0.2, -0.15) is 18.4 Å². The van der Waals surface area contributed by atoms with Crippen LogP contribution < -0.4 is 10.2 Å². The van der Waals surface area contributed by atoms with E-state index in [4.69, 9.17) is 5.26 Å². The smallest absolute Gasteiger partial charge is 0.307 e. The number of amides is 2. The minimum absolute atomic E-state index is 0.273. The molecule has 0 radical (unpaired) electrons. The molecule has 3 aromatic carbocycles. The first-order chi connectivity index (χ1) is 17.7. The van der Waals surface area contributed by atoms with E-state index in [-0.39, 0.29) is 5.69 Å². The molecule has 0 unspecified atom stereocenters. The Morgan fingerprint density at radius 1 is 0.973 bits per heavy atom. The Kier molecular flexibility index (Phi) is 8.09. The summed E-state index contributed by atoms with van der Waals surface area (Å²) < 4.78 is 53.3. The van der Waals surface area contributed by atoms with Gasteiger partial charge in [0, 0.05) is 24.5 Å². The number of hydrogen-bond donors (Lipinski definition) is 1. The van der Waals surface area contributed by atoms with Gasteiger partial charge in [-0.15, -0.1) is 0 Å². The molecule has 2 amide bonds. The van der Waals surface area contributed by atoms with Crippen molar-refractivity contribution < 1.29 is 22.4 Å². The molecule has 0 atom stereocenters. The minimum Gasteiger partial charge on any atom is -0.307 e. The summed E-state index contributed by atoms with van der Waals surface area (Å²) in [5.74, 6) is -1.09. The molecule has 0 saturated carbocycles. The van der Waals surface area contributed by atoms with E-state index in [1.165, 1.54) is 4.90 Å². The molecule has 0 bridgehead atoms. The van der Waals surface area contributed by atoms with E-state index in [1.807, 2.05) is 18.2 Å². The fourth-order valence-corrected chi connectivity index (χ4v) is 4.39. The average molecular weight is 511 g/mol. The zero-order chi connectivity index (χ0) is 26.4. The molecule has 5 nitrogen and oxygen atoms in total. The van der Waals surface area contributed by atoms with Crippen LogP contribution in [0, 0.1) is 17.1 Å². The second-order valence-corrected chi connectivity index (χ2v) is 8.95. The van der Waals surface area contributed by atoms with Gasteiger partial charge in [-0.1, -0.05) is 30.7 Å². The fourth-order valence-electron chi connectivity index (χ4n) is 4.39. The number of nitrogens with one attached hydrogen (secondary N) is 1. The fraction of sp³-hybridized carbons (Fsp3) is 0.286. The van der Waals surface area contributed by atoms with Gasteiger partial charge >= 0.3 is 12.2 Å². The maximum atomic E-state index is 13.9. The number of benzene rings is 3. The Balaban J connectivity index is 1.58. The number of carbonyl (C=O) groups excluding carboxylic acids is 1. The van der Waals surface area contributed by atoms with Crippen LogP contribution in [0.25, 0.3) is 11.1 Å². The number of nitriles is 1. The molecule has 1 N–H and O–H groups in total. The number of carbonyl (C=O) groups is 1. The predicted molar refractivity (Wildman–Crippen MR) is 135 cm³/mol. The van der Waals surface area contributed by atoms with Crippen molar-refractivity contribution in [2.24, 2.45) is 0 Å². The number of rotatable bonds is 6. The number of hydrogen-bond acceptors (Lipinski definition) is 3. The minimum atomic E-state index is -4.74. The lowest BCUT2D eigenvalue weighted by atomic mass is 10.0. The molecule has 1 fully saturated rings. The molecule has 1 heterocycles. The summed E-state index contributed by atoms with van der Waals surface area (Å²) in [6.07, 6.45) is -1.43. The lowest BCUT2D eigenvalue weighted by Gasteiger charge is -2.30. The Morgan fingerprint density at radius 3 is 2.38 bits per heavy atom. The van der Waals surface area contributed by atoms with Crippen LogP contribution in [0.2, 0.25) is 0 Å². The van der Waals surface area contributed by atoms with Crippen LogP contribution in [0.3, 0.4) is 0 Å². The van der Waals surface area contributed by atoms with Gasteiger partial charge in [0.25, 0.3) is 0 Å². The van der Waals surface area contributed by atoms with E-state index in [2.05, 4.69) is 16.3 Å². The van der Waals surface area contributed by atoms with Crippen LogP contribution in [0.4, 0.5) is 33.7 Å².